The van der Waals surface area contributed by atoms with E-state index < -0.39 is 8.07 Å². The van der Waals surface area contributed by atoms with Gasteiger partial charge in [-0.25, -0.2) is 4.79 Å². The maximum atomic E-state index is 12.5. The van der Waals surface area contributed by atoms with Crippen molar-refractivity contribution in [3.05, 3.63) is 35.9 Å². The van der Waals surface area contributed by atoms with E-state index in [0.717, 1.165) is 23.7 Å². The minimum absolute atomic E-state index is 0.0653. The first-order valence-electron chi connectivity index (χ1n) is 9.04. The zero-order valence-electron chi connectivity index (χ0n) is 15.1. The van der Waals surface area contributed by atoms with E-state index in [1.807, 2.05) is 30.3 Å². The molecule has 2 rings (SSSR count). The molecule has 132 valence electrons. The van der Waals surface area contributed by atoms with Gasteiger partial charge >= 0.3 is 6.09 Å². The van der Waals surface area contributed by atoms with Gasteiger partial charge in [0, 0.05) is 25.1 Å². The van der Waals surface area contributed by atoms with E-state index in [1.165, 1.54) is 0 Å². The van der Waals surface area contributed by atoms with Crippen LogP contribution in [0.3, 0.4) is 0 Å². The molecular formula is C19H29NO3Si. The molecule has 0 saturated carbocycles. The number of ketones is 1. The molecule has 1 saturated heterocycles. The van der Waals surface area contributed by atoms with Crippen LogP contribution in [-0.2, 0) is 16.1 Å². The van der Waals surface area contributed by atoms with Crippen LogP contribution in [0.4, 0.5) is 4.79 Å². The molecule has 0 N–H and O–H groups in total. The number of Topliss-reactive ketones (excluding diaryl/α,β-unsaturated/α-hetero) is 1. The minimum atomic E-state index is -1.65. The lowest BCUT2D eigenvalue weighted by Gasteiger charge is -2.41. The molecule has 0 bridgehead atoms. The van der Waals surface area contributed by atoms with Crippen LogP contribution < -0.4 is 0 Å². The van der Waals surface area contributed by atoms with Crippen LogP contribution in [0, 0.1) is 0 Å². The minimum Gasteiger partial charge on any atom is -0.445 e. The normalized spacial score (nSPS) is 18.5. The Morgan fingerprint density at radius 1 is 1.17 bits per heavy atom. The van der Waals surface area contributed by atoms with Crippen LogP contribution in [-0.4, -0.2) is 37.9 Å². The van der Waals surface area contributed by atoms with Crippen molar-refractivity contribution in [2.45, 2.75) is 57.5 Å². The lowest BCUT2D eigenvalue weighted by Crippen LogP contribution is -2.52. The summed E-state index contributed by atoms with van der Waals surface area (Å²) in [4.78, 5) is 26.7. The molecule has 1 amide bonds. The number of amides is 1. The maximum absolute atomic E-state index is 12.5. The molecular weight excluding hydrogens is 318 g/mol. The number of rotatable bonds is 6. The summed E-state index contributed by atoms with van der Waals surface area (Å²) in [5.41, 5.74) is 1.05. The fourth-order valence-corrected chi connectivity index (χ4v) is 8.25. The van der Waals surface area contributed by atoms with Crippen LogP contribution in [0.2, 0.25) is 23.7 Å². The van der Waals surface area contributed by atoms with Crippen molar-refractivity contribution < 1.29 is 14.3 Å². The summed E-state index contributed by atoms with van der Waals surface area (Å²) in [6.07, 6.45) is 0.183. The van der Waals surface area contributed by atoms with Gasteiger partial charge in [0.1, 0.15) is 12.4 Å². The standard InChI is InChI=1S/C19H29NO3Si/c1-4-24(5-2,6-3)18-14-20(13-12-17(18)21)19(22)23-15-16-10-8-7-9-11-16/h7-11,18H,4-6,12-15H2,1-3H3. The Morgan fingerprint density at radius 3 is 2.38 bits per heavy atom. The Hall–Kier alpha value is -1.62. The fourth-order valence-electron chi connectivity index (χ4n) is 3.83. The Morgan fingerprint density at radius 2 is 1.79 bits per heavy atom. The highest BCUT2D eigenvalue weighted by Crippen LogP contribution is 2.37. The average Bonchev–Trinajstić information content (AvgIpc) is 2.63. The van der Waals surface area contributed by atoms with Gasteiger partial charge < -0.3 is 9.64 Å². The molecule has 1 heterocycles. The van der Waals surface area contributed by atoms with E-state index in [2.05, 4.69) is 20.8 Å². The summed E-state index contributed by atoms with van der Waals surface area (Å²) in [5.74, 6) is 0.360. The molecule has 1 aliphatic heterocycles. The Labute approximate surface area is 146 Å². The van der Waals surface area contributed by atoms with E-state index in [-0.39, 0.29) is 18.2 Å². The fraction of sp³-hybridized carbons (Fsp3) is 0.579. The number of hydrogen-bond donors (Lipinski definition) is 0. The van der Waals surface area contributed by atoms with Gasteiger partial charge in [-0.05, 0) is 5.56 Å². The largest absolute Gasteiger partial charge is 0.445 e. The molecule has 5 heteroatoms. The molecule has 4 nitrogen and oxygen atoms in total. The zero-order valence-corrected chi connectivity index (χ0v) is 16.1. The molecule has 1 unspecified atom stereocenters. The number of ether oxygens (including phenoxy) is 1. The van der Waals surface area contributed by atoms with Gasteiger partial charge in [0.25, 0.3) is 0 Å². The third-order valence-corrected chi connectivity index (χ3v) is 11.9. The van der Waals surface area contributed by atoms with Crippen molar-refractivity contribution in [2.24, 2.45) is 0 Å². The first-order valence-corrected chi connectivity index (χ1v) is 11.7. The first kappa shape index (κ1) is 18.7. The summed E-state index contributed by atoms with van der Waals surface area (Å²) in [7, 11) is -1.65. The number of benzene rings is 1. The Kier molecular flexibility index (Phi) is 6.60. The van der Waals surface area contributed by atoms with Gasteiger partial charge in [-0.2, -0.15) is 0 Å². The van der Waals surface area contributed by atoms with Crippen molar-refractivity contribution >= 4 is 20.0 Å². The maximum Gasteiger partial charge on any atom is 0.410 e. The number of hydrogen-bond acceptors (Lipinski definition) is 3. The van der Waals surface area contributed by atoms with Crippen LogP contribution in [0.5, 0.6) is 0 Å². The summed E-state index contributed by atoms with van der Waals surface area (Å²) in [6.45, 7) is 7.95. The van der Waals surface area contributed by atoms with Crippen LogP contribution >= 0.6 is 0 Å². The monoisotopic (exact) mass is 347 g/mol. The van der Waals surface area contributed by atoms with Gasteiger partial charge in [0.05, 0.1) is 8.07 Å². The highest BCUT2D eigenvalue weighted by atomic mass is 28.3. The second-order valence-corrected chi connectivity index (χ2v) is 12.2. The van der Waals surface area contributed by atoms with Gasteiger partial charge in [-0.3, -0.25) is 4.79 Å². The second kappa shape index (κ2) is 8.47. The molecule has 1 aromatic carbocycles. The van der Waals surface area contributed by atoms with Gasteiger partial charge in [-0.1, -0.05) is 69.2 Å². The molecule has 1 aliphatic rings. The first-order chi connectivity index (χ1) is 11.6. The van der Waals surface area contributed by atoms with E-state index in [9.17, 15) is 9.59 Å². The number of likely N-dealkylation sites (tertiary alicyclic amines) is 1. The highest BCUT2D eigenvalue weighted by molar-refractivity contribution is 6.84. The smallest absolute Gasteiger partial charge is 0.410 e. The lowest BCUT2D eigenvalue weighted by atomic mass is 10.1. The SMILES string of the molecule is CC[Si](CC)(CC)C1CN(C(=O)OCc2ccccc2)CCC1=O. The van der Waals surface area contributed by atoms with Crippen molar-refractivity contribution in [1.29, 1.82) is 0 Å². The molecule has 0 spiro atoms. The Balaban J connectivity index is 2.01. The van der Waals surface area contributed by atoms with Crippen molar-refractivity contribution in [1.82, 2.24) is 4.90 Å². The Bertz CT molecular complexity index is 549. The summed E-state index contributed by atoms with van der Waals surface area (Å²) in [6, 6.07) is 13.0. The van der Waals surface area contributed by atoms with Crippen molar-refractivity contribution in [3.8, 4) is 0 Å². The van der Waals surface area contributed by atoms with Gasteiger partial charge in [0.15, 0.2) is 0 Å². The topological polar surface area (TPSA) is 46.6 Å². The molecule has 0 aromatic heterocycles. The number of nitrogens with zero attached hydrogens (tertiary/aromatic N) is 1. The molecule has 0 aliphatic carbocycles. The van der Waals surface area contributed by atoms with Crippen LogP contribution in [0.1, 0.15) is 32.8 Å². The second-order valence-electron chi connectivity index (χ2n) is 6.68. The third kappa shape index (κ3) is 4.07. The predicted octanol–water partition coefficient (Wildman–Crippen LogP) is 4.48. The number of piperidine rings is 1. The number of carbonyl (C=O) groups excluding carboxylic acids is 2. The summed E-state index contributed by atoms with van der Waals surface area (Å²) >= 11 is 0. The highest BCUT2D eigenvalue weighted by Gasteiger charge is 2.44. The number of carbonyl (C=O) groups is 2. The van der Waals surface area contributed by atoms with E-state index >= 15 is 0 Å². The van der Waals surface area contributed by atoms with Gasteiger partial charge in [0.2, 0.25) is 0 Å². The van der Waals surface area contributed by atoms with Gasteiger partial charge in [-0.15, -0.1) is 0 Å². The van der Waals surface area contributed by atoms with E-state index in [1.54, 1.807) is 4.90 Å². The average molecular weight is 348 g/mol. The quantitative estimate of drug-likeness (QED) is 0.713. The zero-order chi connectivity index (χ0) is 17.6. The summed E-state index contributed by atoms with van der Waals surface area (Å²) in [5, 5.41) is 0. The third-order valence-electron chi connectivity index (χ3n) is 5.73. The van der Waals surface area contributed by atoms with Crippen LogP contribution in [0.15, 0.2) is 30.3 Å². The van der Waals surface area contributed by atoms with Crippen LogP contribution in [0.25, 0.3) is 0 Å². The van der Waals surface area contributed by atoms with E-state index in [0.29, 0.717) is 25.3 Å². The molecule has 0 radical (unpaired) electrons. The molecule has 24 heavy (non-hydrogen) atoms. The van der Waals surface area contributed by atoms with E-state index in [4.69, 9.17) is 4.74 Å². The molecule has 1 fully saturated rings. The molecule has 1 aromatic rings. The predicted molar refractivity (Wildman–Crippen MR) is 98.8 cm³/mol. The van der Waals surface area contributed by atoms with Crippen molar-refractivity contribution in [2.75, 3.05) is 13.1 Å². The van der Waals surface area contributed by atoms with Crippen molar-refractivity contribution in [3.63, 3.8) is 0 Å². The molecule has 1 atom stereocenters. The lowest BCUT2D eigenvalue weighted by molar-refractivity contribution is -0.121. The summed E-state index contributed by atoms with van der Waals surface area (Å²) < 4.78 is 5.46.